The first-order chi connectivity index (χ1) is 20.6. The number of carbonyl (C=O) groups is 1. The van der Waals surface area contributed by atoms with E-state index < -0.39 is 11.4 Å². The van der Waals surface area contributed by atoms with Crippen molar-refractivity contribution in [3.05, 3.63) is 54.6 Å². The van der Waals surface area contributed by atoms with E-state index >= 15 is 4.39 Å². The zero-order valence-corrected chi connectivity index (χ0v) is 24.5. The second kappa shape index (κ2) is 11.6. The third-order valence-corrected chi connectivity index (χ3v) is 7.46. The van der Waals surface area contributed by atoms with E-state index in [1.807, 2.05) is 26.8 Å². The van der Waals surface area contributed by atoms with E-state index in [-0.39, 0.29) is 17.8 Å². The number of benzene rings is 1. The summed E-state index contributed by atoms with van der Waals surface area (Å²) in [7, 11) is 0. The summed E-state index contributed by atoms with van der Waals surface area (Å²) in [5, 5.41) is 3.90. The Bertz CT molecular complexity index is 1620. The van der Waals surface area contributed by atoms with Crippen molar-refractivity contribution in [2.45, 2.75) is 38.8 Å². The van der Waals surface area contributed by atoms with E-state index in [1.165, 1.54) is 6.07 Å². The second-order valence-electron chi connectivity index (χ2n) is 11.8. The van der Waals surface area contributed by atoms with Gasteiger partial charge in [0.25, 0.3) is 0 Å². The van der Waals surface area contributed by atoms with Crippen LogP contribution in [0.4, 0.5) is 32.5 Å². The average molecular weight is 590 g/mol. The molecular formula is C30H36FN9O3. The minimum absolute atomic E-state index is 0.0940. The van der Waals surface area contributed by atoms with Crippen LogP contribution >= 0.6 is 0 Å². The summed E-state index contributed by atoms with van der Waals surface area (Å²) in [5.41, 5.74) is 6.70. The predicted octanol–water partition coefficient (Wildman–Crippen LogP) is 4.74. The Labute approximate surface area is 249 Å². The highest BCUT2D eigenvalue weighted by molar-refractivity contribution is 5.82. The van der Waals surface area contributed by atoms with Gasteiger partial charge in [0, 0.05) is 75.5 Å². The van der Waals surface area contributed by atoms with Crippen molar-refractivity contribution >= 4 is 40.4 Å². The monoisotopic (exact) mass is 589 g/mol. The zero-order chi connectivity index (χ0) is 30.1. The zero-order valence-electron chi connectivity index (χ0n) is 24.5. The van der Waals surface area contributed by atoms with Gasteiger partial charge in [0.1, 0.15) is 28.6 Å². The van der Waals surface area contributed by atoms with E-state index in [9.17, 15) is 4.79 Å². The minimum atomic E-state index is -0.527. The van der Waals surface area contributed by atoms with Crippen LogP contribution in [0, 0.1) is 5.82 Å². The third-order valence-electron chi connectivity index (χ3n) is 7.46. The van der Waals surface area contributed by atoms with Crippen LogP contribution in [0.3, 0.4) is 0 Å². The Morgan fingerprint density at radius 3 is 2.70 bits per heavy atom. The Morgan fingerprint density at radius 2 is 1.91 bits per heavy atom. The predicted molar refractivity (Wildman–Crippen MR) is 162 cm³/mol. The summed E-state index contributed by atoms with van der Waals surface area (Å²) >= 11 is 0. The Hall–Kier alpha value is -4.65. The highest BCUT2D eigenvalue weighted by Gasteiger charge is 2.35. The summed E-state index contributed by atoms with van der Waals surface area (Å²) in [5.74, 6) is 1.36. The SMILES string of the molecule is CC(C)(C)OC(=O)N1CCCN(C2CN(c3cc(Nc4ccc(Oc5ccnc6[nH]ccc56)c(F)c4)nc(N)n3)C2)CC1. The molecule has 0 atom stereocenters. The van der Waals surface area contributed by atoms with E-state index in [4.69, 9.17) is 15.2 Å². The van der Waals surface area contributed by atoms with Crippen LogP contribution in [0.15, 0.2) is 48.8 Å². The molecule has 5 heterocycles. The second-order valence-corrected chi connectivity index (χ2v) is 11.8. The number of aromatic nitrogens is 4. The number of ether oxygens (including phenoxy) is 2. The van der Waals surface area contributed by atoms with Crippen molar-refractivity contribution in [1.29, 1.82) is 0 Å². The van der Waals surface area contributed by atoms with Crippen LogP contribution in [0.25, 0.3) is 11.0 Å². The number of hydrogen-bond acceptors (Lipinski definition) is 10. The molecule has 0 radical (unpaired) electrons. The Morgan fingerprint density at radius 1 is 1.07 bits per heavy atom. The number of fused-ring (bicyclic) bond motifs is 1. The normalized spacial score (nSPS) is 16.6. The number of halogens is 1. The van der Waals surface area contributed by atoms with E-state index in [0.717, 1.165) is 38.0 Å². The summed E-state index contributed by atoms with van der Waals surface area (Å²) < 4.78 is 26.4. The van der Waals surface area contributed by atoms with Crippen molar-refractivity contribution in [2.75, 3.05) is 55.2 Å². The highest BCUT2D eigenvalue weighted by Crippen LogP contribution is 2.32. The molecule has 226 valence electrons. The topological polar surface area (TPSA) is 138 Å². The first kappa shape index (κ1) is 28.5. The molecule has 0 spiro atoms. The van der Waals surface area contributed by atoms with E-state index in [1.54, 1.807) is 41.6 Å². The van der Waals surface area contributed by atoms with Crippen LogP contribution in [0.2, 0.25) is 0 Å². The number of nitrogen functional groups attached to an aromatic ring is 1. The number of pyridine rings is 1. The molecule has 1 aromatic carbocycles. The van der Waals surface area contributed by atoms with Crippen molar-refractivity contribution in [1.82, 2.24) is 29.7 Å². The first-order valence-corrected chi connectivity index (χ1v) is 14.4. The minimum Gasteiger partial charge on any atom is -0.453 e. The number of carbonyl (C=O) groups excluding carboxylic acids is 1. The van der Waals surface area contributed by atoms with Gasteiger partial charge in [-0.1, -0.05) is 0 Å². The molecule has 2 saturated heterocycles. The van der Waals surface area contributed by atoms with Gasteiger partial charge in [0.15, 0.2) is 11.6 Å². The fourth-order valence-electron chi connectivity index (χ4n) is 5.32. The third kappa shape index (κ3) is 6.56. The number of amides is 1. The van der Waals surface area contributed by atoms with Gasteiger partial charge < -0.3 is 35.3 Å². The number of H-pyrrole nitrogens is 1. The number of anilines is 4. The van der Waals surface area contributed by atoms with Gasteiger partial charge in [-0.15, -0.1) is 0 Å². The molecule has 2 aliphatic rings. The maximum Gasteiger partial charge on any atom is 0.410 e. The van der Waals surface area contributed by atoms with Gasteiger partial charge in [0.2, 0.25) is 5.95 Å². The Balaban J connectivity index is 1.06. The Kier molecular flexibility index (Phi) is 7.65. The van der Waals surface area contributed by atoms with Gasteiger partial charge >= 0.3 is 6.09 Å². The smallest absolute Gasteiger partial charge is 0.410 e. The molecule has 4 N–H and O–H groups in total. The fourth-order valence-corrected chi connectivity index (χ4v) is 5.32. The maximum absolute atomic E-state index is 15.0. The molecule has 1 amide bonds. The molecule has 43 heavy (non-hydrogen) atoms. The summed E-state index contributed by atoms with van der Waals surface area (Å²) in [4.78, 5) is 34.8. The molecule has 12 nitrogen and oxygen atoms in total. The average Bonchev–Trinajstić information content (AvgIpc) is 3.27. The van der Waals surface area contributed by atoms with E-state index in [0.29, 0.717) is 47.9 Å². The highest BCUT2D eigenvalue weighted by atomic mass is 19.1. The number of nitrogens with one attached hydrogen (secondary N) is 2. The van der Waals surface area contributed by atoms with Crippen LogP contribution in [0.1, 0.15) is 27.2 Å². The van der Waals surface area contributed by atoms with Crippen molar-refractivity contribution in [2.24, 2.45) is 0 Å². The summed E-state index contributed by atoms with van der Waals surface area (Å²) in [6, 6.07) is 10.3. The lowest BCUT2D eigenvalue weighted by Gasteiger charge is -2.45. The number of hydrogen-bond donors (Lipinski definition) is 3. The summed E-state index contributed by atoms with van der Waals surface area (Å²) in [6.07, 6.45) is 4.00. The molecule has 0 unspecified atom stereocenters. The van der Waals surface area contributed by atoms with Crippen LogP contribution in [0.5, 0.6) is 11.5 Å². The molecule has 4 aromatic rings. The lowest BCUT2D eigenvalue weighted by atomic mass is 10.1. The number of aromatic amines is 1. The van der Waals surface area contributed by atoms with Gasteiger partial charge in [-0.3, -0.25) is 4.90 Å². The molecule has 0 aliphatic carbocycles. The fraction of sp³-hybridized carbons (Fsp3) is 0.400. The molecule has 2 fully saturated rings. The first-order valence-electron chi connectivity index (χ1n) is 14.4. The lowest BCUT2D eigenvalue weighted by molar-refractivity contribution is 0.0254. The van der Waals surface area contributed by atoms with E-state index in [2.05, 4.69) is 35.1 Å². The van der Waals surface area contributed by atoms with Crippen molar-refractivity contribution < 1.29 is 18.7 Å². The van der Waals surface area contributed by atoms with Gasteiger partial charge in [-0.25, -0.2) is 14.2 Å². The molecule has 2 aliphatic heterocycles. The number of nitrogens with zero attached hydrogens (tertiary/aromatic N) is 6. The molecular weight excluding hydrogens is 553 g/mol. The largest absolute Gasteiger partial charge is 0.453 e. The molecule has 0 bridgehead atoms. The summed E-state index contributed by atoms with van der Waals surface area (Å²) in [6.45, 7) is 10.2. The molecule has 3 aromatic heterocycles. The van der Waals surface area contributed by atoms with Crippen LogP contribution in [-0.2, 0) is 4.74 Å². The molecule has 6 rings (SSSR count). The molecule has 0 saturated carbocycles. The standard InChI is InChI=1S/C30H36FN9O3/c1-30(2,3)43-29(41)39-12-4-11-38(13-14-39)20-17-40(18-20)26-16-25(36-28(32)37-26)35-19-5-6-24(22(31)15-19)42-23-8-10-34-27-21(23)7-9-33-27/h5-10,15-16,20H,4,11-14,17-18H2,1-3H3,(H,33,34)(H3,32,35,36,37). The number of nitrogens with two attached hydrogens (primary N) is 1. The lowest BCUT2D eigenvalue weighted by Crippen LogP contribution is -2.60. The van der Waals surface area contributed by atoms with Crippen LogP contribution < -0.4 is 20.7 Å². The van der Waals surface area contributed by atoms with Crippen molar-refractivity contribution in [3.63, 3.8) is 0 Å². The maximum atomic E-state index is 15.0. The van der Waals surface area contributed by atoms with Gasteiger partial charge in [-0.05, 0) is 51.5 Å². The number of rotatable bonds is 6. The van der Waals surface area contributed by atoms with Crippen molar-refractivity contribution in [3.8, 4) is 11.5 Å². The van der Waals surface area contributed by atoms with Gasteiger partial charge in [0.05, 0.1) is 5.39 Å². The quantitative estimate of drug-likeness (QED) is 0.289. The van der Waals surface area contributed by atoms with Gasteiger partial charge in [-0.2, -0.15) is 9.97 Å². The van der Waals surface area contributed by atoms with Crippen LogP contribution in [-0.4, -0.2) is 86.7 Å². The molecule has 13 heteroatoms.